The number of aliphatic hydroxyl groups excluding tert-OH is 1. The first-order valence-corrected chi connectivity index (χ1v) is 7.72. The van der Waals surface area contributed by atoms with Crippen LogP contribution in [0.5, 0.6) is 5.75 Å². The molecule has 0 amide bonds. The molecule has 0 aliphatic heterocycles. The van der Waals surface area contributed by atoms with Crippen molar-refractivity contribution >= 4 is 0 Å². The SMILES string of the molecule is Cc1cc(C)cc(OC[C@H](O)CN[C@@H](C)c2ccccc2)c1. The average Bonchev–Trinajstić information content (AvgIpc) is 2.50. The Bertz CT molecular complexity index is 563. The van der Waals surface area contributed by atoms with Gasteiger partial charge in [0.25, 0.3) is 0 Å². The molecular formula is C19H25NO2. The summed E-state index contributed by atoms with van der Waals surface area (Å²) in [6, 6.07) is 16.5. The number of ether oxygens (including phenoxy) is 1. The summed E-state index contributed by atoms with van der Waals surface area (Å²) in [5, 5.41) is 13.4. The van der Waals surface area contributed by atoms with Crippen molar-refractivity contribution in [2.75, 3.05) is 13.2 Å². The van der Waals surface area contributed by atoms with Gasteiger partial charge >= 0.3 is 0 Å². The standard InChI is InChI=1S/C19H25NO2/c1-14-9-15(2)11-19(10-14)22-13-18(21)12-20-16(3)17-7-5-4-6-8-17/h4-11,16,18,20-21H,12-13H2,1-3H3/t16-,18+/m0/s1. The van der Waals surface area contributed by atoms with Crippen molar-refractivity contribution < 1.29 is 9.84 Å². The van der Waals surface area contributed by atoms with Crippen LogP contribution in [0.15, 0.2) is 48.5 Å². The van der Waals surface area contributed by atoms with Crippen LogP contribution in [-0.4, -0.2) is 24.4 Å². The van der Waals surface area contributed by atoms with E-state index in [4.69, 9.17) is 4.74 Å². The molecule has 2 aromatic rings. The van der Waals surface area contributed by atoms with Gasteiger partial charge in [0, 0.05) is 12.6 Å². The van der Waals surface area contributed by atoms with Crippen LogP contribution in [0.2, 0.25) is 0 Å². The molecule has 0 fully saturated rings. The molecule has 0 heterocycles. The molecule has 0 saturated carbocycles. The molecular weight excluding hydrogens is 274 g/mol. The Labute approximate surface area is 133 Å². The van der Waals surface area contributed by atoms with Crippen molar-refractivity contribution in [3.8, 4) is 5.75 Å². The van der Waals surface area contributed by atoms with Crippen LogP contribution < -0.4 is 10.1 Å². The van der Waals surface area contributed by atoms with Gasteiger partial charge in [0.1, 0.15) is 18.5 Å². The van der Waals surface area contributed by atoms with Gasteiger partial charge in [-0.2, -0.15) is 0 Å². The molecule has 0 spiro atoms. The third-order valence-corrected chi connectivity index (χ3v) is 3.60. The number of hydrogen-bond donors (Lipinski definition) is 2. The van der Waals surface area contributed by atoms with Gasteiger partial charge in [0.05, 0.1) is 0 Å². The molecule has 0 unspecified atom stereocenters. The summed E-state index contributed by atoms with van der Waals surface area (Å²) in [7, 11) is 0. The highest BCUT2D eigenvalue weighted by atomic mass is 16.5. The lowest BCUT2D eigenvalue weighted by Gasteiger charge is -2.18. The zero-order chi connectivity index (χ0) is 15.9. The second-order valence-electron chi connectivity index (χ2n) is 5.83. The Morgan fingerprint density at radius 1 is 1.05 bits per heavy atom. The van der Waals surface area contributed by atoms with Crippen molar-refractivity contribution in [1.29, 1.82) is 0 Å². The van der Waals surface area contributed by atoms with E-state index in [1.807, 2.05) is 44.2 Å². The van der Waals surface area contributed by atoms with Crippen LogP contribution in [-0.2, 0) is 0 Å². The molecule has 22 heavy (non-hydrogen) atoms. The minimum Gasteiger partial charge on any atom is -0.491 e. The predicted octanol–water partition coefficient (Wildman–Crippen LogP) is 3.39. The van der Waals surface area contributed by atoms with E-state index in [0.29, 0.717) is 6.54 Å². The lowest BCUT2D eigenvalue weighted by atomic mass is 10.1. The molecule has 3 heteroatoms. The van der Waals surface area contributed by atoms with E-state index >= 15 is 0 Å². The van der Waals surface area contributed by atoms with E-state index in [2.05, 4.69) is 30.4 Å². The van der Waals surface area contributed by atoms with Crippen LogP contribution >= 0.6 is 0 Å². The quantitative estimate of drug-likeness (QED) is 0.823. The third kappa shape index (κ3) is 5.17. The molecule has 0 aliphatic carbocycles. The van der Waals surface area contributed by atoms with Gasteiger partial charge in [-0.15, -0.1) is 0 Å². The summed E-state index contributed by atoms with van der Waals surface area (Å²) in [5.74, 6) is 0.813. The second kappa shape index (κ2) is 7.97. The molecule has 2 rings (SSSR count). The second-order valence-corrected chi connectivity index (χ2v) is 5.83. The fraction of sp³-hybridized carbons (Fsp3) is 0.368. The maximum absolute atomic E-state index is 10.1. The summed E-state index contributed by atoms with van der Waals surface area (Å²) >= 11 is 0. The van der Waals surface area contributed by atoms with E-state index in [1.54, 1.807) is 0 Å². The van der Waals surface area contributed by atoms with Crippen molar-refractivity contribution in [3.05, 3.63) is 65.2 Å². The Balaban J connectivity index is 1.77. The fourth-order valence-corrected chi connectivity index (χ4v) is 2.44. The first kappa shape index (κ1) is 16.5. The van der Waals surface area contributed by atoms with Crippen molar-refractivity contribution in [2.45, 2.75) is 32.9 Å². The molecule has 0 saturated heterocycles. The van der Waals surface area contributed by atoms with Crippen LogP contribution in [0, 0.1) is 13.8 Å². The summed E-state index contributed by atoms with van der Waals surface area (Å²) in [4.78, 5) is 0. The van der Waals surface area contributed by atoms with Gasteiger partial charge in [-0.05, 0) is 49.6 Å². The van der Waals surface area contributed by atoms with E-state index in [1.165, 1.54) is 16.7 Å². The maximum Gasteiger partial charge on any atom is 0.119 e. The van der Waals surface area contributed by atoms with Gasteiger partial charge < -0.3 is 15.2 Å². The fourth-order valence-electron chi connectivity index (χ4n) is 2.44. The molecule has 2 atom stereocenters. The molecule has 0 radical (unpaired) electrons. The normalized spacial score (nSPS) is 13.6. The molecule has 118 valence electrons. The van der Waals surface area contributed by atoms with Crippen molar-refractivity contribution in [3.63, 3.8) is 0 Å². The van der Waals surface area contributed by atoms with E-state index in [9.17, 15) is 5.11 Å². The monoisotopic (exact) mass is 299 g/mol. The third-order valence-electron chi connectivity index (χ3n) is 3.60. The smallest absolute Gasteiger partial charge is 0.119 e. The summed E-state index contributed by atoms with van der Waals surface area (Å²) in [5.41, 5.74) is 3.55. The largest absolute Gasteiger partial charge is 0.491 e. The Morgan fingerprint density at radius 2 is 1.68 bits per heavy atom. The Hall–Kier alpha value is -1.84. The van der Waals surface area contributed by atoms with Crippen LogP contribution in [0.1, 0.15) is 29.7 Å². The predicted molar refractivity (Wildman–Crippen MR) is 90.3 cm³/mol. The highest BCUT2D eigenvalue weighted by molar-refractivity contribution is 5.33. The van der Waals surface area contributed by atoms with E-state index in [-0.39, 0.29) is 12.6 Å². The van der Waals surface area contributed by atoms with Gasteiger partial charge in [-0.3, -0.25) is 0 Å². The first-order chi connectivity index (χ1) is 10.5. The van der Waals surface area contributed by atoms with E-state index < -0.39 is 6.10 Å². The van der Waals surface area contributed by atoms with Crippen LogP contribution in [0.3, 0.4) is 0 Å². The summed E-state index contributed by atoms with van der Waals surface area (Å²) in [6.45, 7) is 6.96. The average molecular weight is 299 g/mol. The van der Waals surface area contributed by atoms with Crippen LogP contribution in [0.25, 0.3) is 0 Å². The van der Waals surface area contributed by atoms with Crippen molar-refractivity contribution in [2.24, 2.45) is 0 Å². The minimum absolute atomic E-state index is 0.206. The molecule has 0 aliphatic rings. The molecule has 3 nitrogen and oxygen atoms in total. The number of aryl methyl sites for hydroxylation is 2. The zero-order valence-corrected chi connectivity index (χ0v) is 13.5. The van der Waals surface area contributed by atoms with Gasteiger partial charge in [-0.25, -0.2) is 0 Å². The summed E-state index contributed by atoms with van der Waals surface area (Å²) in [6.07, 6.45) is -0.535. The lowest BCUT2D eigenvalue weighted by Crippen LogP contribution is -2.33. The molecule has 0 bridgehead atoms. The number of aliphatic hydroxyl groups is 1. The number of nitrogens with one attached hydrogen (secondary N) is 1. The topological polar surface area (TPSA) is 41.5 Å². The molecule has 2 N–H and O–H groups in total. The van der Waals surface area contributed by atoms with Gasteiger partial charge in [0.15, 0.2) is 0 Å². The Kier molecular flexibility index (Phi) is 5.99. The minimum atomic E-state index is -0.535. The summed E-state index contributed by atoms with van der Waals surface area (Å²) < 4.78 is 5.68. The highest BCUT2D eigenvalue weighted by Crippen LogP contribution is 2.16. The van der Waals surface area contributed by atoms with E-state index in [0.717, 1.165) is 5.75 Å². The van der Waals surface area contributed by atoms with Gasteiger partial charge in [0.2, 0.25) is 0 Å². The van der Waals surface area contributed by atoms with Gasteiger partial charge in [-0.1, -0.05) is 36.4 Å². The lowest BCUT2D eigenvalue weighted by molar-refractivity contribution is 0.104. The number of benzene rings is 2. The maximum atomic E-state index is 10.1. The zero-order valence-electron chi connectivity index (χ0n) is 13.5. The highest BCUT2D eigenvalue weighted by Gasteiger charge is 2.09. The Morgan fingerprint density at radius 3 is 2.32 bits per heavy atom. The molecule has 2 aromatic carbocycles. The molecule has 0 aromatic heterocycles. The number of rotatable bonds is 7. The van der Waals surface area contributed by atoms with Crippen LogP contribution in [0.4, 0.5) is 0 Å². The number of hydrogen-bond acceptors (Lipinski definition) is 3. The van der Waals surface area contributed by atoms with Crippen molar-refractivity contribution in [1.82, 2.24) is 5.32 Å². The first-order valence-electron chi connectivity index (χ1n) is 7.72.